The predicted molar refractivity (Wildman–Crippen MR) is 110 cm³/mol. The zero-order valence-electron chi connectivity index (χ0n) is 18.1. The van der Waals surface area contributed by atoms with E-state index in [4.69, 9.17) is 14.0 Å². The summed E-state index contributed by atoms with van der Waals surface area (Å²) in [5.74, 6) is 0.961. The Bertz CT molecular complexity index is 605. The Morgan fingerprint density at radius 2 is 1.52 bits per heavy atom. The van der Waals surface area contributed by atoms with E-state index in [0.29, 0.717) is 11.5 Å². The Hall–Kier alpha value is -1.03. The van der Waals surface area contributed by atoms with Gasteiger partial charge in [0.05, 0.1) is 0 Å². The van der Waals surface area contributed by atoms with E-state index in [1.54, 1.807) is 27.0 Å². The molecule has 27 heavy (non-hydrogen) atoms. The number of methoxy groups -OCH3 is 2. The van der Waals surface area contributed by atoms with Gasteiger partial charge in [-0.15, -0.1) is 0 Å². The molecule has 1 rings (SSSR count). The summed E-state index contributed by atoms with van der Waals surface area (Å²) >= 11 is 0. The first-order chi connectivity index (χ1) is 12.6. The second-order valence-corrected chi connectivity index (χ2v) is 11.7. The Labute approximate surface area is 165 Å². The number of ether oxygens (including phenoxy) is 2. The molecule has 0 saturated heterocycles. The monoisotopic (exact) mass is 400 g/mol. The Morgan fingerprint density at radius 1 is 0.889 bits per heavy atom. The van der Waals surface area contributed by atoms with Crippen molar-refractivity contribution < 1.29 is 23.8 Å². The molecule has 0 fully saturated rings. The van der Waals surface area contributed by atoms with Gasteiger partial charge in [-0.3, -0.25) is 0 Å². The molecule has 0 saturated carbocycles. The fourth-order valence-corrected chi connectivity index (χ4v) is 4.50. The van der Waals surface area contributed by atoms with E-state index >= 15 is 0 Å². The maximum absolute atomic E-state index is 13.0. The van der Waals surface area contributed by atoms with Gasteiger partial charge in [-0.2, -0.15) is 0 Å². The van der Waals surface area contributed by atoms with Crippen LogP contribution in [0.15, 0.2) is 12.1 Å². The fraction of sp³-hybridized carbons (Fsp3) is 0.714. The molecule has 0 aromatic heterocycles. The molecule has 0 bridgehead atoms. The van der Waals surface area contributed by atoms with Crippen molar-refractivity contribution in [2.75, 3.05) is 26.5 Å². The van der Waals surface area contributed by atoms with Crippen LogP contribution in [0.5, 0.6) is 17.2 Å². The Kier molecular flexibility index (Phi) is 8.40. The van der Waals surface area contributed by atoms with Crippen LogP contribution in [0.3, 0.4) is 0 Å². The maximum atomic E-state index is 13.0. The second kappa shape index (κ2) is 9.45. The average Bonchev–Trinajstić information content (AvgIpc) is 2.65. The van der Waals surface area contributed by atoms with Gasteiger partial charge in [0.1, 0.15) is 0 Å². The van der Waals surface area contributed by atoms with Crippen LogP contribution in [-0.4, -0.2) is 26.5 Å². The van der Waals surface area contributed by atoms with Crippen LogP contribution in [-0.2, 0) is 5.41 Å². The Morgan fingerprint density at radius 3 is 2.00 bits per heavy atom. The molecule has 0 atom stereocenters. The summed E-state index contributed by atoms with van der Waals surface area (Å²) in [6.07, 6.45) is 5.52. The average molecular weight is 400 g/mol. The SMILES string of the molecule is CCCCCCC(C)(C)c1ccc(OC)c(OP([O-])([O-])(CC)CC)c1OC. The summed E-state index contributed by atoms with van der Waals surface area (Å²) in [4.78, 5) is 25.9. The molecule has 0 amide bonds. The first kappa shape index (κ1) is 24.0. The molecule has 0 aliphatic carbocycles. The molecule has 6 heteroatoms. The predicted octanol–water partition coefficient (Wildman–Crippen LogP) is 4.39. The van der Waals surface area contributed by atoms with Crippen molar-refractivity contribution in [1.29, 1.82) is 0 Å². The summed E-state index contributed by atoms with van der Waals surface area (Å²) in [5, 5.41) is 0. The summed E-state index contributed by atoms with van der Waals surface area (Å²) < 4.78 is 16.7. The molecule has 0 aliphatic rings. The molecular weight excluding hydrogens is 363 g/mol. The van der Waals surface area contributed by atoms with E-state index in [1.165, 1.54) is 26.4 Å². The molecule has 1 aromatic carbocycles. The van der Waals surface area contributed by atoms with Gasteiger partial charge in [-0.05, 0) is 0 Å². The number of rotatable bonds is 12. The van der Waals surface area contributed by atoms with E-state index in [2.05, 4.69) is 20.8 Å². The van der Waals surface area contributed by atoms with Gasteiger partial charge in [0.25, 0.3) is 0 Å². The van der Waals surface area contributed by atoms with Crippen LogP contribution in [0.1, 0.15) is 72.3 Å². The van der Waals surface area contributed by atoms with Crippen molar-refractivity contribution >= 4 is 7.28 Å². The van der Waals surface area contributed by atoms with E-state index in [1.807, 2.05) is 6.07 Å². The van der Waals surface area contributed by atoms with Gasteiger partial charge in [0.15, 0.2) is 0 Å². The van der Waals surface area contributed by atoms with Crippen molar-refractivity contribution in [3.05, 3.63) is 17.7 Å². The van der Waals surface area contributed by atoms with Gasteiger partial charge >= 0.3 is 165 Å². The van der Waals surface area contributed by atoms with Crippen LogP contribution < -0.4 is 23.8 Å². The molecular formula is C21H37O5P-2. The minimum absolute atomic E-state index is 0.0843. The zero-order valence-corrected chi connectivity index (χ0v) is 19.0. The van der Waals surface area contributed by atoms with Gasteiger partial charge in [-0.25, -0.2) is 0 Å². The number of unbranched alkanes of at least 4 members (excludes halogenated alkanes) is 3. The van der Waals surface area contributed by atoms with Crippen LogP contribution in [0.25, 0.3) is 0 Å². The molecule has 0 heterocycles. The molecule has 0 unspecified atom stereocenters. The number of hydrogen-bond donors (Lipinski definition) is 0. The number of hydrogen-bond acceptors (Lipinski definition) is 5. The molecule has 0 radical (unpaired) electrons. The first-order valence-corrected chi connectivity index (χ1v) is 12.4. The van der Waals surface area contributed by atoms with Gasteiger partial charge in [-0.1, -0.05) is 0 Å². The van der Waals surface area contributed by atoms with Crippen LogP contribution in [0.4, 0.5) is 0 Å². The summed E-state index contributed by atoms with van der Waals surface area (Å²) in [7, 11) is -1.75. The molecule has 0 aliphatic heterocycles. The third-order valence-corrected chi connectivity index (χ3v) is 8.43. The summed E-state index contributed by atoms with van der Waals surface area (Å²) in [5.41, 5.74) is 0.757. The fourth-order valence-electron chi connectivity index (χ4n) is 3.21. The van der Waals surface area contributed by atoms with E-state index in [-0.39, 0.29) is 23.5 Å². The Balaban J connectivity index is 3.37. The molecule has 158 valence electrons. The zero-order chi connectivity index (χ0) is 20.7. The van der Waals surface area contributed by atoms with Gasteiger partial charge in [0, 0.05) is 0 Å². The van der Waals surface area contributed by atoms with E-state index in [9.17, 15) is 9.79 Å². The van der Waals surface area contributed by atoms with Crippen molar-refractivity contribution in [2.45, 2.75) is 72.1 Å². The molecule has 0 spiro atoms. The molecule has 0 N–H and O–H groups in total. The third-order valence-electron chi connectivity index (χ3n) is 5.40. The minimum atomic E-state index is -4.79. The van der Waals surface area contributed by atoms with Crippen molar-refractivity contribution in [3.8, 4) is 17.2 Å². The van der Waals surface area contributed by atoms with Gasteiger partial charge in [0.2, 0.25) is 0 Å². The molecule has 5 nitrogen and oxygen atoms in total. The molecule has 1 aromatic rings. The second-order valence-electron chi connectivity index (χ2n) is 7.82. The summed E-state index contributed by atoms with van der Waals surface area (Å²) in [6.45, 7) is 9.70. The van der Waals surface area contributed by atoms with Gasteiger partial charge < -0.3 is 0 Å². The normalized spacial score (nSPS) is 13.7. The third kappa shape index (κ3) is 5.97. The topological polar surface area (TPSA) is 73.8 Å². The van der Waals surface area contributed by atoms with E-state index < -0.39 is 7.28 Å². The van der Waals surface area contributed by atoms with Crippen LogP contribution >= 0.6 is 7.28 Å². The quantitative estimate of drug-likeness (QED) is 0.384. The van der Waals surface area contributed by atoms with Crippen LogP contribution in [0, 0.1) is 0 Å². The van der Waals surface area contributed by atoms with E-state index in [0.717, 1.165) is 18.4 Å². The summed E-state index contributed by atoms with van der Waals surface area (Å²) in [6, 6.07) is 3.72. The standard InChI is InChI=1S/C21H37O5P/c1-8-11-12-13-16-21(4,5)17-14-15-18(24-6)20(19(17)25-7)26-27(22,23,9-2)10-3/h14-15H,8-13,16H2,1-7H3/q-2. The van der Waals surface area contributed by atoms with Crippen LogP contribution in [0.2, 0.25) is 0 Å². The van der Waals surface area contributed by atoms with Crippen molar-refractivity contribution in [2.24, 2.45) is 0 Å². The number of benzene rings is 1. The first-order valence-electron chi connectivity index (χ1n) is 9.99. The van der Waals surface area contributed by atoms with Crippen molar-refractivity contribution in [1.82, 2.24) is 0 Å². The van der Waals surface area contributed by atoms with Crippen molar-refractivity contribution in [3.63, 3.8) is 0 Å².